The van der Waals surface area contributed by atoms with E-state index in [-0.39, 0.29) is 5.91 Å². The van der Waals surface area contributed by atoms with E-state index < -0.39 is 11.6 Å². The minimum absolute atomic E-state index is 0.0448. The molecule has 18 heavy (non-hydrogen) atoms. The number of carbonyl (C=O) groups excluding carboxylic acids is 1. The summed E-state index contributed by atoms with van der Waals surface area (Å²) in [5, 5.41) is 2.53. The Kier molecular flexibility index (Phi) is 3.55. The number of carbonyl (C=O) groups is 1. The molecule has 4 nitrogen and oxygen atoms in total. The van der Waals surface area contributed by atoms with Gasteiger partial charge < -0.3 is 9.88 Å². The standard InChI is InChI=1S/C12H13F2N3O/c1-15-12(18)3-2-4-17-7-16-10-5-8(13)9(14)6-11(10)17/h5-7H,2-4H2,1H3,(H,15,18). The third-order valence-corrected chi connectivity index (χ3v) is 2.74. The van der Waals surface area contributed by atoms with Crippen LogP contribution in [0.4, 0.5) is 8.78 Å². The van der Waals surface area contributed by atoms with Gasteiger partial charge in [0.2, 0.25) is 5.91 Å². The molecule has 0 fully saturated rings. The highest BCUT2D eigenvalue weighted by Crippen LogP contribution is 2.17. The normalized spacial score (nSPS) is 10.8. The molecule has 1 N–H and O–H groups in total. The molecule has 6 heteroatoms. The van der Waals surface area contributed by atoms with E-state index in [1.807, 2.05) is 0 Å². The molecule has 0 aliphatic heterocycles. The fourth-order valence-corrected chi connectivity index (χ4v) is 1.77. The maximum absolute atomic E-state index is 13.1. The van der Waals surface area contributed by atoms with Gasteiger partial charge in [-0.1, -0.05) is 0 Å². The Hall–Kier alpha value is -1.98. The SMILES string of the molecule is CNC(=O)CCCn1cnc2cc(F)c(F)cc21. The molecule has 2 aromatic rings. The lowest BCUT2D eigenvalue weighted by Crippen LogP contribution is -2.17. The van der Waals surface area contributed by atoms with Crippen LogP contribution in [0.2, 0.25) is 0 Å². The molecule has 0 spiro atoms. The lowest BCUT2D eigenvalue weighted by molar-refractivity contribution is -0.120. The van der Waals surface area contributed by atoms with Gasteiger partial charge >= 0.3 is 0 Å². The van der Waals surface area contributed by atoms with Crippen LogP contribution in [0.1, 0.15) is 12.8 Å². The molecule has 1 heterocycles. The monoisotopic (exact) mass is 253 g/mol. The second-order valence-electron chi connectivity index (χ2n) is 3.97. The number of hydrogen-bond acceptors (Lipinski definition) is 2. The zero-order valence-electron chi connectivity index (χ0n) is 9.91. The van der Waals surface area contributed by atoms with Crippen LogP contribution >= 0.6 is 0 Å². The van der Waals surface area contributed by atoms with Crippen LogP contribution in [-0.2, 0) is 11.3 Å². The van der Waals surface area contributed by atoms with Gasteiger partial charge in [0.05, 0.1) is 17.4 Å². The van der Waals surface area contributed by atoms with Crippen LogP contribution in [-0.4, -0.2) is 22.5 Å². The first kappa shape index (κ1) is 12.5. The Morgan fingerprint density at radius 3 is 2.83 bits per heavy atom. The molecule has 0 aliphatic rings. The highest BCUT2D eigenvalue weighted by Gasteiger charge is 2.09. The van der Waals surface area contributed by atoms with Gasteiger partial charge in [0.1, 0.15) is 0 Å². The van der Waals surface area contributed by atoms with E-state index in [1.165, 1.54) is 6.33 Å². The van der Waals surface area contributed by atoms with Gasteiger partial charge in [-0.2, -0.15) is 0 Å². The number of amides is 1. The van der Waals surface area contributed by atoms with E-state index in [1.54, 1.807) is 11.6 Å². The molecule has 0 radical (unpaired) electrons. The molecular formula is C12H13F2N3O. The van der Waals surface area contributed by atoms with Crippen molar-refractivity contribution < 1.29 is 13.6 Å². The van der Waals surface area contributed by atoms with Crippen molar-refractivity contribution in [3.63, 3.8) is 0 Å². The number of benzene rings is 1. The summed E-state index contributed by atoms with van der Waals surface area (Å²) in [4.78, 5) is 15.1. The van der Waals surface area contributed by atoms with Gasteiger partial charge in [0, 0.05) is 32.1 Å². The minimum Gasteiger partial charge on any atom is -0.359 e. The van der Waals surface area contributed by atoms with Gasteiger partial charge in [-0.3, -0.25) is 4.79 Å². The zero-order chi connectivity index (χ0) is 13.1. The Labute approximate surface area is 103 Å². The zero-order valence-corrected chi connectivity index (χ0v) is 9.91. The number of fused-ring (bicyclic) bond motifs is 1. The Morgan fingerprint density at radius 1 is 1.39 bits per heavy atom. The van der Waals surface area contributed by atoms with Crippen LogP contribution in [0.3, 0.4) is 0 Å². The Balaban J connectivity index is 2.14. The average molecular weight is 253 g/mol. The quantitative estimate of drug-likeness (QED) is 0.903. The summed E-state index contributed by atoms with van der Waals surface area (Å²) in [5.74, 6) is -1.84. The van der Waals surface area contributed by atoms with E-state index in [4.69, 9.17) is 0 Å². The third-order valence-electron chi connectivity index (χ3n) is 2.74. The third kappa shape index (κ3) is 2.47. The average Bonchev–Trinajstić information content (AvgIpc) is 2.72. The summed E-state index contributed by atoms with van der Waals surface area (Å²) in [6.07, 6.45) is 2.53. The molecule has 0 saturated heterocycles. The molecule has 1 amide bonds. The fraction of sp³-hybridized carbons (Fsp3) is 0.333. The lowest BCUT2D eigenvalue weighted by atomic mass is 10.2. The van der Waals surface area contributed by atoms with E-state index in [9.17, 15) is 13.6 Å². The number of halogens is 2. The van der Waals surface area contributed by atoms with Crippen LogP contribution in [0.25, 0.3) is 11.0 Å². The molecular weight excluding hydrogens is 240 g/mol. The molecule has 0 atom stereocenters. The second-order valence-corrected chi connectivity index (χ2v) is 3.97. The molecule has 1 aromatic carbocycles. The van der Waals surface area contributed by atoms with Gasteiger partial charge in [0.25, 0.3) is 0 Å². The molecule has 0 unspecified atom stereocenters. The van der Waals surface area contributed by atoms with Gasteiger partial charge in [-0.05, 0) is 6.42 Å². The fourth-order valence-electron chi connectivity index (χ4n) is 1.77. The van der Waals surface area contributed by atoms with Gasteiger partial charge in [-0.15, -0.1) is 0 Å². The smallest absolute Gasteiger partial charge is 0.219 e. The Morgan fingerprint density at radius 2 is 2.11 bits per heavy atom. The van der Waals surface area contributed by atoms with Crippen molar-refractivity contribution in [3.8, 4) is 0 Å². The van der Waals surface area contributed by atoms with E-state index in [2.05, 4.69) is 10.3 Å². The van der Waals surface area contributed by atoms with Crippen LogP contribution in [0.15, 0.2) is 18.5 Å². The highest BCUT2D eigenvalue weighted by atomic mass is 19.2. The second kappa shape index (κ2) is 5.12. The molecule has 1 aromatic heterocycles. The summed E-state index contributed by atoms with van der Waals surface area (Å²) in [5.41, 5.74) is 0.944. The van der Waals surface area contributed by atoms with Crippen molar-refractivity contribution in [1.82, 2.24) is 14.9 Å². The van der Waals surface area contributed by atoms with Crippen LogP contribution in [0.5, 0.6) is 0 Å². The van der Waals surface area contributed by atoms with E-state index in [0.29, 0.717) is 30.4 Å². The van der Waals surface area contributed by atoms with Gasteiger partial charge in [0.15, 0.2) is 11.6 Å². The number of nitrogens with one attached hydrogen (secondary N) is 1. The van der Waals surface area contributed by atoms with E-state index in [0.717, 1.165) is 12.1 Å². The van der Waals surface area contributed by atoms with Crippen LogP contribution < -0.4 is 5.32 Å². The minimum atomic E-state index is -0.905. The number of imidazole rings is 1. The number of nitrogens with zero attached hydrogens (tertiary/aromatic N) is 2. The van der Waals surface area contributed by atoms with Crippen molar-refractivity contribution in [2.24, 2.45) is 0 Å². The van der Waals surface area contributed by atoms with Crippen molar-refractivity contribution in [2.45, 2.75) is 19.4 Å². The number of aromatic nitrogens is 2. The van der Waals surface area contributed by atoms with Crippen molar-refractivity contribution in [3.05, 3.63) is 30.1 Å². The molecule has 0 saturated carbocycles. The number of aryl methyl sites for hydroxylation is 1. The van der Waals surface area contributed by atoms with E-state index >= 15 is 0 Å². The summed E-state index contributed by atoms with van der Waals surface area (Å²) in [6, 6.07) is 2.19. The maximum Gasteiger partial charge on any atom is 0.219 e. The van der Waals surface area contributed by atoms with Crippen molar-refractivity contribution in [1.29, 1.82) is 0 Å². The molecule has 2 rings (SSSR count). The van der Waals surface area contributed by atoms with Crippen LogP contribution in [0, 0.1) is 11.6 Å². The summed E-state index contributed by atoms with van der Waals surface area (Å²) < 4.78 is 27.8. The number of hydrogen-bond donors (Lipinski definition) is 1. The van der Waals surface area contributed by atoms with Crippen molar-refractivity contribution in [2.75, 3.05) is 7.05 Å². The Bertz CT molecular complexity index is 580. The summed E-state index contributed by atoms with van der Waals surface area (Å²) in [7, 11) is 1.58. The van der Waals surface area contributed by atoms with Gasteiger partial charge in [-0.25, -0.2) is 13.8 Å². The summed E-state index contributed by atoms with van der Waals surface area (Å²) >= 11 is 0. The first-order valence-electron chi connectivity index (χ1n) is 5.62. The molecule has 0 bridgehead atoms. The maximum atomic E-state index is 13.1. The first-order valence-corrected chi connectivity index (χ1v) is 5.62. The number of rotatable bonds is 4. The first-order chi connectivity index (χ1) is 8.61. The predicted octanol–water partition coefficient (Wildman–Crippen LogP) is 1.84. The highest BCUT2D eigenvalue weighted by molar-refractivity contribution is 5.76. The van der Waals surface area contributed by atoms with Crippen molar-refractivity contribution >= 4 is 16.9 Å². The lowest BCUT2D eigenvalue weighted by Gasteiger charge is -2.04. The topological polar surface area (TPSA) is 46.9 Å². The predicted molar refractivity (Wildman–Crippen MR) is 62.9 cm³/mol. The molecule has 96 valence electrons. The summed E-state index contributed by atoms with van der Waals surface area (Å²) in [6.45, 7) is 0.537. The largest absolute Gasteiger partial charge is 0.359 e. The molecule has 0 aliphatic carbocycles.